The lowest BCUT2D eigenvalue weighted by Crippen LogP contribution is -1.95. The molecule has 0 aromatic heterocycles. The van der Waals surface area contributed by atoms with Crippen molar-refractivity contribution >= 4 is 17.4 Å². The minimum atomic E-state index is -0.392. The van der Waals surface area contributed by atoms with Crippen molar-refractivity contribution in [2.75, 3.05) is 0 Å². The first-order valence-corrected chi connectivity index (χ1v) is 6.92. The minimum Gasteiger partial charge on any atom is -0.258 e. The Morgan fingerprint density at radius 2 is 1.80 bits per heavy atom. The molecule has 0 heterocycles. The molecule has 0 fully saturated rings. The van der Waals surface area contributed by atoms with Crippen molar-refractivity contribution in [2.24, 2.45) is 0 Å². The summed E-state index contributed by atoms with van der Waals surface area (Å²) in [7, 11) is 0. The van der Waals surface area contributed by atoms with Crippen LogP contribution in [0.5, 0.6) is 0 Å². The molecule has 0 aliphatic rings. The number of nitriles is 1. The molecule has 2 rings (SSSR count). The van der Waals surface area contributed by atoms with E-state index in [2.05, 4.69) is 6.07 Å². The van der Waals surface area contributed by atoms with Crippen LogP contribution in [0.25, 0.3) is 0 Å². The van der Waals surface area contributed by atoms with Gasteiger partial charge in [-0.05, 0) is 11.6 Å². The molecule has 5 heteroatoms. The number of thioether (sulfide) groups is 1. The second-order valence-electron chi connectivity index (χ2n) is 4.10. The van der Waals surface area contributed by atoms with Crippen LogP contribution < -0.4 is 0 Å². The zero-order valence-corrected chi connectivity index (χ0v) is 11.4. The summed E-state index contributed by atoms with van der Waals surface area (Å²) < 4.78 is 0. The van der Waals surface area contributed by atoms with Gasteiger partial charge < -0.3 is 0 Å². The van der Waals surface area contributed by atoms with Gasteiger partial charge in [-0.3, -0.25) is 10.1 Å². The molecule has 0 saturated carbocycles. The Hall–Kier alpha value is -2.32. The van der Waals surface area contributed by atoms with Gasteiger partial charge in [0.15, 0.2) is 0 Å². The van der Waals surface area contributed by atoms with Crippen LogP contribution in [0, 0.1) is 21.4 Å². The maximum Gasteiger partial charge on any atom is 0.282 e. The van der Waals surface area contributed by atoms with Gasteiger partial charge in [0.05, 0.1) is 22.3 Å². The molecule has 20 heavy (non-hydrogen) atoms. The molecule has 1 unspecified atom stereocenters. The van der Waals surface area contributed by atoms with E-state index in [9.17, 15) is 10.1 Å². The van der Waals surface area contributed by atoms with Crippen molar-refractivity contribution in [3.63, 3.8) is 0 Å². The fourth-order valence-electron chi connectivity index (χ4n) is 1.84. The van der Waals surface area contributed by atoms with Gasteiger partial charge in [0, 0.05) is 11.3 Å². The molecular formula is C15H12N2O2S. The van der Waals surface area contributed by atoms with E-state index in [-0.39, 0.29) is 10.9 Å². The SMILES string of the molecule is N#CCC(Sc1ccccc1[N+](=O)[O-])c1ccccc1. The fourth-order valence-corrected chi connectivity index (χ4v) is 3.02. The number of benzene rings is 2. The molecule has 0 N–H and O–H groups in total. The van der Waals surface area contributed by atoms with E-state index in [1.807, 2.05) is 30.3 Å². The summed E-state index contributed by atoms with van der Waals surface area (Å²) in [6, 6.07) is 18.3. The molecule has 0 radical (unpaired) electrons. The summed E-state index contributed by atoms with van der Waals surface area (Å²) >= 11 is 1.36. The Kier molecular flexibility index (Phi) is 4.75. The summed E-state index contributed by atoms with van der Waals surface area (Å²) in [5, 5.41) is 19.9. The van der Waals surface area contributed by atoms with E-state index in [1.54, 1.807) is 18.2 Å². The smallest absolute Gasteiger partial charge is 0.258 e. The summed E-state index contributed by atoms with van der Waals surface area (Å²) in [6.07, 6.45) is 0.306. The van der Waals surface area contributed by atoms with Crippen LogP contribution in [0.4, 0.5) is 5.69 Å². The second kappa shape index (κ2) is 6.73. The summed E-state index contributed by atoms with van der Waals surface area (Å²) in [5.41, 5.74) is 1.08. The standard InChI is InChI=1S/C15H12N2O2S/c16-11-10-14(12-6-2-1-3-7-12)20-15-9-5-4-8-13(15)17(18)19/h1-9,14H,10H2. The molecule has 2 aromatic carbocycles. The molecule has 0 saturated heterocycles. The average Bonchev–Trinajstić information content (AvgIpc) is 2.48. The van der Waals surface area contributed by atoms with Crippen molar-refractivity contribution in [1.29, 1.82) is 5.26 Å². The monoisotopic (exact) mass is 284 g/mol. The van der Waals surface area contributed by atoms with Crippen LogP contribution in [0.1, 0.15) is 17.2 Å². The number of nitro benzene ring substituents is 1. The van der Waals surface area contributed by atoms with Crippen LogP contribution in [-0.4, -0.2) is 4.92 Å². The van der Waals surface area contributed by atoms with Crippen molar-refractivity contribution in [3.05, 3.63) is 70.3 Å². The Balaban J connectivity index is 2.30. The first kappa shape index (κ1) is 14.1. The van der Waals surface area contributed by atoms with Crippen LogP contribution in [0.15, 0.2) is 59.5 Å². The third-order valence-electron chi connectivity index (χ3n) is 2.78. The summed E-state index contributed by atoms with van der Waals surface area (Å²) in [6.45, 7) is 0. The minimum absolute atomic E-state index is 0.0800. The van der Waals surface area contributed by atoms with Crippen LogP contribution in [0.2, 0.25) is 0 Å². The molecule has 0 spiro atoms. The highest BCUT2D eigenvalue weighted by molar-refractivity contribution is 7.99. The number of nitro groups is 1. The first-order chi connectivity index (χ1) is 9.72. The lowest BCUT2D eigenvalue weighted by atomic mass is 10.1. The second-order valence-corrected chi connectivity index (χ2v) is 5.35. The van der Waals surface area contributed by atoms with E-state index < -0.39 is 4.92 Å². The van der Waals surface area contributed by atoms with Crippen LogP contribution >= 0.6 is 11.8 Å². The summed E-state index contributed by atoms with van der Waals surface area (Å²) in [4.78, 5) is 11.2. The largest absolute Gasteiger partial charge is 0.282 e. The zero-order valence-electron chi connectivity index (χ0n) is 10.6. The van der Waals surface area contributed by atoms with Crippen LogP contribution in [0.3, 0.4) is 0 Å². The van der Waals surface area contributed by atoms with Gasteiger partial charge in [0.2, 0.25) is 0 Å². The van der Waals surface area contributed by atoms with Gasteiger partial charge in [-0.2, -0.15) is 5.26 Å². The molecule has 0 aliphatic heterocycles. The Morgan fingerprint density at radius 1 is 1.15 bits per heavy atom. The lowest BCUT2D eigenvalue weighted by molar-refractivity contribution is -0.387. The Morgan fingerprint density at radius 3 is 2.45 bits per heavy atom. The molecule has 100 valence electrons. The molecule has 0 amide bonds. The van der Waals surface area contributed by atoms with Crippen molar-refractivity contribution in [2.45, 2.75) is 16.6 Å². The maximum atomic E-state index is 11.0. The topological polar surface area (TPSA) is 66.9 Å². The van der Waals surface area contributed by atoms with Gasteiger partial charge in [-0.25, -0.2) is 0 Å². The van der Waals surface area contributed by atoms with Crippen molar-refractivity contribution < 1.29 is 4.92 Å². The molecular weight excluding hydrogens is 272 g/mol. The molecule has 4 nitrogen and oxygen atoms in total. The quantitative estimate of drug-likeness (QED) is 0.465. The third-order valence-corrected chi connectivity index (χ3v) is 4.10. The number of nitrogens with zero attached hydrogens (tertiary/aromatic N) is 2. The number of hydrogen-bond acceptors (Lipinski definition) is 4. The highest BCUT2D eigenvalue weighted by Crippen LogP contribution is 2.41. The predicted molar refractivity (Wildman–Crippen MR) is 78.4 cm³/mol. The van der Waals surface area contributed by atoms with Gasteiger partial charge in [-0.15, -0.1) is 11.8 Å². The predicted octanol–water partition coefficient (Wildman–Crippen LogP) is 4.34. The van der Waals surface area contributed by atoms with Crippen LogP contribution in [-0.2, 0) is 0 Å². The maximum absolute atomic E-state index is 11.0. The van der Waals surface area contributed by atoms with Gasteiger partial charge in [0.1, 0.15) is 0 Å². The van der Waals surface area contributed by atoms with Gasteiger partial charge in [-0.1, -0.05) is 42.5 Å². The molecule has 1 atom stereocenters. The Bertz CT molecular complexity index is 638. The van der Waals surface area contributed by atoms with E-state index in [0.717, 1.165) is 5.56 Å². The highest BCUT2D eigenvalue weighted by atomic mass is 32.2. The number of para-hydroxylation sites is 1. The average molecular weight is 284 g/mol. The van der Waals surface area contributed by atoms with Gasteiger partial charge in [0.25, 0.3) is 5.69 Å². The zero-order chi connectivity index (χ0) is 14.4. The number of hydrogen-bond donors (Lipinski definition) is 0. The highest BCUT2D eigenvalue weighted by Gasteiger charge is 2.19. The van der Waals surface area contributed by atoms with E-state index >= 15 is 0 Å². The van der Waals surface area contributed by atoms with Crippen molar-refractivity contribution in [3.8, 4) is 6.07 Å². The fraction of sp³-hybridized carbons (Fsp3) is 0.133. The third kappa shape index (κ3) is 3.37. The molecule has 2 aromatic rings. The Labute approximate surface area is 121 Å². The van der Waals surface area contributed by atoms with Gasteiger partial charge >= 0.3 is 0 Å². The normalized spacial score (nSPS) is 11.6. The van der Waals surface area contributed by atoms with E-state index in [0.29, 0.717) is 11.3 Å². The number of rotatable bonds is 5. The first-order valence-electron chi connectivity index (χ1n) is 6.04. The van der Waals surface area contributed by atoms with E-state index in [4.69, 9.17) is 5.26 Å². The molecule has 0 aliphatic carbocycles. The lowest BCUT2D eigenvalue weighted by Gasteiger charge is -2.13. The summed E-state index contributed by atoms with van der Waals surface area (Å²) in [5.74, 6) is 0. The molecule has 0 bridgehead atoms. The van der Waals surface area contributed by atoms with E-state index in [1.165, 1.54) is 17.8 Å². The van der Waals surface area contributed by atoms with Crippen molar-refractivity contribution in [1.82, 2.24) is 0 Å².